The molecule has 0 spiro atoms. The van der Waals surface area contributed by atoms with E-state index in [1.807, 2.05) is 44.2 Å². The monoisotopic (exact) mass is 300 g/mol. The van der Waals surface area contributed by atoms with Crippen molar-refractivity contribution in [3.63, 3.8) is 0 Å². The number of nitrogens with one attached hydrogen (secondary N) is 1. The Morgan fingerprint density at radius 3 is 2.36 bits per heavy atom. The second-order valence-corrected chi connectivity index (χ2v) is 4.42. The third-order valence-corrected chi connectivity index (χ3v) is 2.94. The number of hydrogen-bond donors (Lipinski definition) is 2. The van der Waals surface area contributed by atoms with Crippen LogP contribution in [-0.2, 0) is 6.42 Å². The molecule has 0 bridgehead atoms. The first-order valence-corrected chi connectivity index (χ1v) is 7.72. The van der Waals surface area contributed by atoms with Crippen molar-refractivity contribution < 1.29 is 4.79 Å². The van der Waals surface area contributed by atoms with Crippen LogP contribution in [0.25, 0.3) is 0 Å². The molecule has 1 amide bonds. The van der Waals surface area contributed by atoms with E-state index >= 15 is 0 Å². The zero-order valence-corrected chi connectivity index (χ0v) is 13.8. The summed E-state index contributed by atoms with van der Waals surface area (Å²) in [7, 11) is 0. The second kappa shape index (κ2) is 12.6. The number of benzene rings is 1. The average molecular weight is 300 g/mol. The van der Waals surface area contributed by atoms with Crippen molar-refractivity contribution in [1.29, 1.82) is 0 Å². The maximum atomic E-state index is 11.9. The van der Waals surface area contributed by atoms with E-state index < -0.39 is 0 Å². The van der Waals surface area contributed by atoms with Crippen LogP contribution < -0.4 is 11.1 Å². The molecule has 0 saturated heterocycles. The van der Waals surface area contributed by atoms with Crippen molar-refractivity contribution in [3.05, 3.63) is 72.4 Å². The van der Waals surface area contributed by atoms with Gasteiger partial charge in [0.25, 0.3) is 5.91 Å². The summed E-state index contributed by atoms with van der Waals surface area (Å²) in [6, 6.07) is 7.53. The van der Waals surface area contributed by atoms with Gasteiger partial charge in [-0.05, 0) is 42.7 Å². The third kappa shape index (κ3) is 7.60. The van der Waals surface area contributed by atoms with Crippen LogP contribution in [0.15, 0.2) is 61.2 Å². The number of allylic oxidation sites excluding steroid dienone is 3. The molecule has 0 aliphatic heterocycles. The standard InChI is InChI=1S/C17H22N2O.C2H6/c1-3-5-14(4-2)11-13-19-17(20)16-8-6-15(7-9-16)10-12-18;1-2/h3-9H,1-2,10-13,18H2,(H,19,20);1-2H3/b14-5+;. The molecule has 1 aromatic rings. The van der Waals surface area contributed by atoms with Crippen molar-refractivity contribution in [3.8, 4) is 0 Å². The minimum atomic E-state index is -0.0636. The lowest BCUT2D eigenvalue weighted by atomic mass is 10.1. The van der Waals surface area contributed by atoms with E-state index in [9.17, 15) is 4.79 Å². The molecular weight excluding hydrogens is 272 g/mol. The molecule has 0 atom stereocenters. The van der Waals surface area contributed by atoms with Crippen LogP contribution in [0.4, 0.5) is 0 Å². The molecule has 3 heteroatoms. The van der Waals surface area contributed by atoms with E-state index in [2.05, 4.69) is 18.5 Å². The molecule has 0 fully saturated rings. The first-order valence-electron chi connectivity index (χ1n) is 7.72. The molecule has 0 heterocycles. The smallest absolute Gasteiger partial charge is 0.251 e. The summed E-state index contributed by atoms with van der Waals surface area (Å²) in [5.74, 6) is -0.0636. The van der Waals surface area contributed by atoms with Crippen LogP contribution in [0.2, 0.25) is 0 Å². The van der Waals surface area contributed by atoms with Gasteiger partial charge in [0.05, 0.1) is 0 Å². The molecular formula is C19H28N2O. The molecule has 0 saturated carbocycles. The Bertz CT molecular complexity index is 487. The Balaban J connectivity index is 0.00000211. The molecule has 3 N–H and O–H groups in total. The fraction of sp³-hybridized carbons (Fsp3) is 0.316. The predicted molar refractivity (Wildman–Crippen MR) is 96.0 cm³/mol. The number of amides is 1. The van der Waals surface area contributed by atoms with Crippen molar-refractivity contribution >= 4 is 5.91 Å². The number of carbonyl (C=O) groups is 1. The Morgan fingerprint density at radius 2 is 1.86 bits per heavy atom. The van der Waals surface area contributed by atoms with E-state index in [4.69, 9.17) is 5.73 Å². The molecule has 1 aromatic carbocycles. The van der Waals surface area contributed by atoms with Gasteiger partial charge in [-0.2, -0.15) is 0 Å². The molecule has 1 rings (SSSR count). The lowest BCUT2D eigenvalue weighted by Gasteiger charge is -2.06. The predicted octanol–water partition coefficient (Wildman–Crippen LogP) is 3.63. The summed E-state index contributed by atoms with van der Waals surface area (Å²) < 4.78 is 0. The second-order valence-electron chi connectivity index (χ2n) is 4.42. The van der Waals surface area contributed by atoms with Crippen LogP contribution >= 0.6 is 0 Å². The van der Waals surface area contributed by atoms with Crippen molar-refractivity contribution in [2.24, 2.45) is 5.73 Å². The normalized spacial score (nSPS) is 10.2. The number of rotatable bonds is 8. The highest BCUT2D eigenvalue weighted by Gasteiger charge is 2.04. The zero-order chi connectivity index (χ0) is 16.8. The van der Waals surface area contributed by atoms with Gasteiger partial charge in [0.15, 0.2) is 0 Å². The van der Waals surface area contributed by atoms with Gasteiger partial charge < -0.3 is 11.1 Å². The first kappa shape index (κ1) is 19.9. The molecule has 0 aromatic heterocycles. The maximum absolute atomic E-state index is 11.9. The summed E-state index contributed by atoms with van der Waals surface area (Å²) in [6.45, 7) is 12.6. The largest absolute Gasteiger partial charge is 0.352 e. The molecule has 0 aliphatic rings. The minimum absolute atomic E-state index is 0.0636. The van der Waals surface area contributed by atoms with Gasteiger partial charge in [-0.15, -0.1) is 0 Å². The summed E-state index contributed by atoms with van der Waals surface area (Å²) in [6.07, 6.45) is 6.95. The summed E-state index contributed by atoms with van der Waals surface area (Å²) in [5, 5.41) is 2.89. The molecule has 0 unspecified atom stereocenters. The van der Waals surface area contributed by atoms with Gasteiger partial charge in [-0.3, -0.25) is 4.79 Å². The summed E-state index contributed by atoms with van der Waals surface area (Å²) >= 11 is 0. The Labute approximate surface area is 134 Å². The highest BCUT2D eigenvalue weighted by molar-refractivity contribution is 5.94. The Hall–Kier alpha value is -2.13. The average Bonchev–Trinajstić information content (AvgIpc) is 2.56. The van der Waals surface area contributed by atoms with Gasteiger partial charge in [0.2, 0.25) is 0 Å². The summed E-state index contributed by atoms with van der Waals surface area (Å²) in [5.41, 5.74) is 8.36. The quantitative estimate of drug-likeness (QED) is 0.720. The van der Waals surface area contributed by atoms with Crippen LogP contribution in [0.1, 0.15) is 36.2 Å². The van der Waals surface area contributed by atoms with Crippen LogP contribution in [0.5, 0.6) is 0 Å². The third-order valence-electron chi connectivity index (χ3n) is 2.94. The van der Waals surface area contributed by atoms with Crippen molar-refractivity contribution in [2.75, 3.05) is 13.1 Å². The Morgan fingerprint density at radius 1 is 1.23 bits per heavy atom. The van der Waals surface area contributed by atoms with E-state index in [0.717, 1.165) is 24.0 Å². The molecule has 3 nitrogen and oxygen atoms in total. The van der Waals surface area contributed by atoms with E-state index in [-0.39, 0.29) is 5.91 Å². The summed E-state index contributed by atoms with van der Waals surface area (Å²) in [4.78, 5) is 11.9. The lowest BCUT2D eigenvalue weighted by Crippen LogP contribution is -2.24. The van der Waals surface area contributed by atoms with Gasteiger partial charge in [0.1, 0.15) is 0 Å². The first-order chi connectivity index (χ1) is 10.7. The fourth-order valence-electron chi connectivity index (χ4n) is 1.82. The molecule has 0 aliphatic carbocycles. The van der Waals surface area contributed by atoms with Gasteiger partial charge >= 0.3 is 0 Å². The topological polar surface area (TPSA) is 55.1 Å². The van der Waals surface area contributed by atoms with Gasteiger partial charge in [-0.25, -0.2) is 0 Å². The number of carbonyl (C=O) groups excluding carboxylic acids is 1. The van der Waals surface area contributed by atoms with Crippen LogP contribution in [0, 0.1) is 0 Å². The Kier molecular flexibility index (Phi) is 11.4. The van der Waals surface area contributed by atoms with E-state index in [1.165, 1.54) is 0 Å². The van der Waals surface area contributed by atoms with Crippen LogP contribution in [-0.4, -0.2) is 19.0 Å². The van der Waals surface area contributed by atoms with Crippen molar-refractivity contribution in [2.45, 2.75) is 26.7 Å². The molecule has 22 heavy (non-hydrogen) atoms. The zero-order valence-electron chi connectivity index (χ0n) is 13.8. The number of hydrogen-bond acceptors (Lipinski definition) is 2. The maximum Gasteiger partial charge on any atom is 0.251 e. The SMILES string of the molecule is C=C/C=C(\C=C)CCNC(=O)c1ccc(CCN)cc1.CC. The van der Waals surface area contributed by atoms with Gasteiger partial charge in [-0.1, -0.05) is 57.4 Å². The highest BCUT2D eigenvalue weighted by atomic mass is 16.1. The highest BCUT2D eigenvalue weighted by Crippen LogP contribution is 2.06. The minimum Gasteiger partial charge on any atom is -0.352 e. The van der Waals surface area contributed by atoms with Crippen LogP contribution in [0.3, 0.4) is 0 Å². The fourth-order valence-corrected chi connectivity index (χ4v) is 1.82. The number of nitrogens with two attached hydrogens (primary N) is 1. The molecule has 0 radical (unpaired) electrons. The van der Waals surface area contributed by atoms with Crippen molar-refractivity contribution in [1.82, 2.24) is 5.32 Å². The lowest BCUT2D eigenvalue weighted by molar-refractivity contribution is 0.0954. The van der Waals surface area contributed by atoms with Gasteiger partial charge in [0, 0.05) is 12.1 Å². The molecule has 120 valence electrons. The van der Waals surface area contributed by atoms with E-state index in [0.29, 0.717) is 18.7 Å². The van der Waals surface area contributed by atoms with E-state index in [1.54, 1.807) is 12.2 Å².